The summed E-state index contributed by atoms with van der Waals surface area (Å²) in [5.74, 6) is -0.167. The molecular formula is C8H17O4P. The van der Waals surface area contributed by atoms with Crippen molar-refractivity contribution in [2.24, 2.45) is 5.92 Å². The second-order valence-corrected chi connectivity index (χ2v) is 6.02. The lowest BCUT2D eigenvalue weighted by Crippen LogP contribution is -2.10. The smallest absolute Gasteiger partial charge is 0.302 e. The molecule has 0 fully saturated rings. The molecule has 0 spiro atoms. The molecule has 0 aliphatic carbocycles. The molecule has 0 saturated carbocycles. The molecule has 1 N–H and O–H groups in total. The molecule has 0 rings (SSSR count). The number of ether oxygens (including phenoxy) is 1. The number of carbonyl (C=O) groups excluding carboxylic acids is 1. The summed E-state index contributed by atoms with van der Waals surface area (Å²) >= 11 is 0. The van der Waals surface area contributed by atoms with Crippen LogP contribution in [0.3, 0.4) is 0 Å². The Balaban J connectivity index is 3.58. The SMILES string of the molecule is CC(=O)OC[C@@H](C)CCP(C)(=O)O. The lowest BCUT2D eigenvalue weighted by atomic mass is 10.1. The van der Waals surface area contributed by atoms with Crippen LogP contribution in [0, 0.1) is 5.92 Å². The third kappa shape index (κ3) is 9.57. The van der Waals surface area contributed by atoms with E-state index in [-0.39, 0.29) is 18.0 Å². The van der Waals surface area contributed by atoms with Gasteiger partial charge in [0.15, 0.2) is 7.37 Å². The average Bonchev–Trinajstić information content (AvgIpc) is 1.95. The second-order valence-electron chi connectivity index (χ2n) is 3.47. The van der Waals surface area contributed by atoms with E-state index >= 15 is 0 Å². The van der Waals surface area contributed by atoms with Crippen LogP contribution in [0.5, 0.6) is 0 Å². The predicted octanol–water partition coefficient (Wildman–Crippen LogP) is 1.48. The zero-order chi connectivity index (χ0) is 10.5. The third-order valence-electron chi connectivity index (χ3n) is 1.61. The molecule has 5 heteroatoms. The molecule has 78 valence electrons. The largest absolute Gasteiger partial charge is 0.466 e. The monoisotopic (exact) mass is 208 g/mol. The van der Waals surface area contributed by atoms with Gasteiger partial charge in [-0.15, -0.1) is 0 Å². The highest BCUT2D eigenvalue weighted by molar-refractivity contribution is 7.57. The molecule has 4 nitrogen and oxygen atoms in total. The van der Waals surface area contributed by atoms with Gasteiger partial charge in [0.05, 0.1) is 6.61 Å². The van der Waals surface area contributed by atoms with Gasteiger partial charge in [0.1, 0.15) is 0 Å². The van der Waals surface area contributed by atoms with Crippen LogP contribution in [0.4, 0.5) is 0 Å². The van der Waals surface area contributed by atoms with Crippen molar-refractivity contribution in [2.75, 3.05) is 19.4 Å². The summed E-state index contributed by atoms with van der Waals surface area (Å²) in [6.07, 6.45) is 0.896. The fourth-order valence-corrected chi connectivity index (χ4v) is 1.72. The molecule has 0 aliphatic rings. The molecule has 0 amide bonds. The van der Waals surface area contributed by atoms with Crippen molar-refractivity contribution in [1.82, 2.24) is 0 Å². The Kier molecular flexibility index (Phi) is 5.26. The fourth-order valence-electron chi connectivity index (χ4n) is 0.803. The first-order chi connectivity index (χ1) is 5.81. The van der Waals surface area contributed by atoms with Gasteiger partial charge < -0.3 is 9.63 Å². The maximum Gasteiger partial charge on any atom is 0.302 e. The Morgan fingerprint density at radius 1 is 1.62 bits per heavy atom. The zero-order valence-corrected chi connectivity index (χ0v) is 9.21. The van der Waals surface area contributed by atoms with Crippen molar-refractivity contribution in [3.63, 3.8) is 0 Å². The Hall–Kier alpha value is -0.340. The van der Waals surface area contributed by atoms with E-state index in [1.165, 1.54) is 13.6 Å². The summed E-state index contributed by atoms with van der Waals surface area (Å²) in [7, 11) is -2.91. The Bertz CT molecular complexity index is 208. The quantitative estimate of drug-likeness (QED) is 0.549. The van der Waals surface area contributed by atoms with Crippen LogP contribution >= 0.6 is 7.37 Å². The van der Waals surface area contributed by atoms with Gasteiger partial charge in [-0.1, -0.05) is 6.92 Å². The van der Waals surface area contributed by atoms with Crippen LogP contribution in [-0.4, -0.2) is 30.3 Å². The zero-order valence-electron chi connectivity index (χ0n) is 8.32. The molecule has 13 heavy (non-hydrogen) atoms. The van der Waals surface area contributed by atoms with Gasteiger partial charge in [0.25, 0.3) is 0 Å². The highest BCUT2D eigenvalue weighted by Crippen LogP contribution is 2.36. The van der Waals surface area contributed by atoms with E-state index in [1.54, 1.807) is 0 Å². The molecule has 0 aromatic heterocycles. The summed E-state index contributed by atoms with van der Waals surface area (Å²) in [6.45, 7) is 4.91. The molecule has 2 atom stereocenters. The van der Waals surface area contributed by atoms with Gasteiger partial charge in [0, 0.05) is 19.8 Å². The lowest BCUT2D eigenvalue weighted by Gasteiger charge is -2.12. The van der Waals surface area contributed by atoms with Gasteiger partial charge in [-0.2, -0.15) is 0 Å². The molecule has 0 heterocycles. The normalized spacial score (nSPS) is 17.5. The van der Waals surface area contributed by atoms with Crippen molar-refractivity contribution in [3.05, 3.63) is 0 Å². The highest BCUT2D eigenvalue weighted by Gasteiger charge is 2.12. The first-order valence-corrected chi connectivity index (χ1v) is 6.53. The minimum absolute atomic E-state index is 0.143. The van der Waals surface area contributed by atoms with E-state index in [4.69, 9.17) is 9.63 Å². The molecule has 0 bridgehead atoms. The maximum atomic E-state index is 10.9. The first kappa shape index (κ1) is 12.7. The van der Waals surface area contributed by atoms with E-state index in [0.717, 1.165) is 0 Å². The predicted molar refractivity (Wildman–Crippen MR) is 51.0 cm³/mol. The van der Waals surface area contributed by atoms with Crippen LogP contribution in [0.2, 0.25) is 0 Å². The molecule has 0 aromatic carbocycles. The summed E-state index contributed by atoms with van der Waals surface area (Å²) in [4.78, 5) is 19.4. The average molecular weight is 208 g/mol. The minimum Gasteiger partial charge on any atom is -0.466 e. The summed E-state index contributed by atoms with van der Waals surface area (Å²) in [5.41, 5.74) is 0. The fraction of sp³-hybridized carbons (Fsp3) is 0.875. The summed E-state index contributed by atoms with van der Waals surface area (Å²) in [5, 5.41) is 0. The van der Waals surface area contributed by atoms with E-state index < -0.39 is 7.37 Å². The molecular weight excluding hydrogens is 191 g/mol. The molecule has 0 radical (unpaired) electrons. The van der Waals surface area contributed by atoms with Gasteiger partial charge in [-0.25, -0.2) is 0 Å². The Morgan fingerprint density at radius 2 is 2.15 bits per heavy atom. The number of hydrogen-bond donors (Lipinski definition) is 1. The van der Waals surface area contributed by atoms with E-state index in [1.807, 2.05) is 6.92 Å². The van der Waals surface area contributed by atoms with Crippen molar-refractivity contribution in [3.8, 4) is 0 Å². The Labute approximate surface area is 78.7 Å². The third-order valence-corrected chi connectivity index (χ3v) is 2.70. The first-order valence-electron chi connectivity index (χ1n) is 4.24. The van der Waals surface area contributed by atoms with E-state index in [9.17, 15) is 9.36 Å². The van der Waals surface area contributed by atoms with Crippen LogP contribution in [0.1, 0.15) is 20.3 Å². The standard InChI is InChI=1S/C8H17O4P/c1-7(6-12-8(2)9)4-5-13(3,10)11/h7H,4-6H2,1-3H3,(H,10,11)/t7-/m0/s1. The molecule has 0 aliphatic heterocycles. The molecule has 1 unspecified atom stereocenters. The number of rotatable bonds is 5. The number of esters is 1. The van der Waals surface area contributed by atoms with Crippen LogP contribution in [-0.2, 0) is 14.1 Å². The molecule has 0 saturated heterocycles. The van der Waals surface area contributed by atoms with Crippen molar-refractivity contribution in [2.45, 2.75) is 20.3 Å². The van der Waals surface area contributed by atoms with Gasteiger partial charge in [-0.05, 0) is 12.3 Å². The number of hydrogen-bond acceptors (Lipinski definition) is 3. The second kappa shape index (κ2) is 5.40. The van der Waals surface area contributed by atoms with Crippen LogP contribution < -0.4 is 0 Å². The van der Waals surface area contributed by atoms with E-state index in [2.05, 4.69) is 0 Å². The van der Waals surface area contributed by atoms with Gasteiger partial charge >= 0.3 is 5.97 Å². The van der Waals surface area contributed by atoms with Crippen molar-refractivity contribution < 1.29 is 19.0 Å². The Morgan fingerprint density at radius 3 is 2.54 bits per heavy atom. The summed E-state index contributed by atoms with van der Waals surface area (Å²) in [6, 6.07) is 0. The molecule has 0 aromatic rings. The van der Waals surface area contributed by atoms with Gasteiger partial charge in [-0.3, -0.25) is 9.36 Å². The van der Waals surface area contributed by atoms with Crippen molar-refractivity contribution in [1.29, 1.82) is 0 Å². The lowest BCUT2D eigenvalue weighted by molar-refractivity contribution is -0.142. The number of carbonyl (C=O) groups is 1. The van der Waals surface area contributed by atoms with Gasteiger partial charge in [0.2, 0.25) is 0 Å². The minimum atomic E-state index is -2.91. The van der Waals surface area contributed by atoms with E-state index in [0.29, 0.717) is 13.0 Å². The maximum absolute atomic E-state index is 10.9. The highest BCUT2D eigenvalue weighted by atomic mass is 31.2. The van der Waals surface area contributed by atoms with Crippen LogP contribution in [0.25, 0.3) is 0 Å². The van der Waals surface area contributed by atoms with Crippen molar-refractivity contribution >= 4 is 13.3 Å². The topological polar surface area (TPSA) is 63.6 Å². The summed E-state index contributed by atoms with van der Waals surface area (Å²) < 4.78 is 15.7. The van der Waals surface area contributed by atoms with Crippen LogP contribution in [0.15, 0.2) is 0 Å².